The van der Waals surface area contributed by atoms with Crippen molar-refractivity contribution < 1.29 is 14.3 Å². The molecule has 5 nitrogen and oxygen atoms in total. The van der Waals surface area contributed by atoms with E-state index in [2.05, 4.69) is 10.6 Å². The highest BCUT2D eigenvalue weighted by atomic mass is 16.6. The third-order valence-electron chi connectivity index (χ3n) is 2.35. The molecule has 1 heterocycles. The molecule has 1 aliphatic heterocycles. The molecule has 0 aromatic heterocycles. The number of hydrogen-bond acceptors (Lipinski definition) is 3. The zero-order chi connectivity index (χ0) is 12.1. The second-order valence-corrected chi connectivity index (χ2v) is 3.71. The zero-order valence-corrected chi connectivity index (χ0v) is 9.79. The topological polar surface area (TPSA) is 59.6 Å². The summed E-state index contributed by atoms with van der Waals surface area (Å²) in [6.07, 6.45) is 0.903. The maximum atomic E-state index is 11.5. The summed E-state index contributed by atoms with van der Waals surface area (Å²) in [5.74, 6) is 1.27. The summed E-state index contributed by atoms with van der Waals surface area (Å²) in [7, 11) is 0. The standard InChI is InChI=1S/C12H16N2O3/c1-2-6-13-12(15)14-9-4-3-5-10-11(9)17-8-7-16-10/h3-5H,2,6-8H2,1H3,(H2,13,14,15). The van der Waals surface area contributed by atoms with Gasteiger partial charge in [-0.2, -0.15) is 0 Å². The highest BCUT2D eigenvalue weighted by Crippen LogP contribution is 2.37. The lowest BCUT2D eigenvalue weighted by Crippen LogP contribution is -2.29. The molecular formula is C12H16N2O3. The Hall–Kier alpha value is -1.91. The quantitative estimate of drug-likeness (QED) is 0.843. The summed E-state index contributed by atoms with van der Waals surface area (Å²) < 4.78 is 10.9. The van der Waals surface area contributed by atoms with Crippen molar-refractivity contribution in [1.82, 2.24) is 5.32 Å². The van der Waals surface area contributed by atoms with Crippen LogP contribution in [0.1, 0.15) is 13.3 Å². The molecule has 1 aliphatic rings. The summed E-state index contributed by atoms with van der Waals surface area (Å²) >= 11 is 0. The molecule has 0 saturated carbocycles. The normalized spacial score (nSPS) is 13.0. The minimum atomic E-state index is -0.227. The van der Waals surface area contributed by atoms with Gasteiger partial charge in [0.15, 0.2) is 11.5 Å². The van der Waals surface area contributed by atoms with E-state index in [1.165, 1.54) is 0 Å². The van der Waals surface area contributed by atoms with Crippen LogP contribution in [0.5, 0.6) is 11.5 Å². The number of anilines is 1. The maximum Gasteiger partial charge on any atom is 0.319 e. The molecule has 1 aromatic rings. The van der Waals surface area contributed by atoms with E-state index in [9.17, 15) is 4.79 Å². The van der Waals surface area contributed by atoms with Gasteiger partial charge in [0.2, 0.25) is 0 Å². The number of amides is 2. The Morgan fingerprint density at radius 2 is 2.18 bits per heavy atom. The van der Waals surface area contributed by atoms with Crippen LogP contribution in [0.25, 0.3) is 0 Å². The van der Waals surface area contributed by atoms with Gasteiger partial charge in [-0.15, -0.1) is 0 Å². The summed E-state index contributed by atoms with van der Waals surface area (Å²) in [5.41, 5.74) is 0.635. The molecule has 0 spiro atoms. The number of para-hydroxylation sites is 1. The van der Waals surface area contributed by atoms with Crippen LogP contribution < -0.4 is 20.1 Å². The van der Waals surface area contributed by atoms with Crippen molar-refractivity contribution in [1.29, 1.82) is 0 Å². The van der Waals surface area contributed by atoms with Gasteiger partial charge in [-0.1, -0.05) is 13.0 Å². The Bertz CT molecular complexity index is 407. The summed E-state index contributed by atoms with van der Waals surface area (Å²) in [4.78, 5) is 11.5. The molecule has 0 radical (unpaired) electrons. The van der Waals surface area contributed by atoms with Gasteiger partial charge < -0.3 is 20.1 Å². The number of fused-ring (bicyclic) bond motifs is 1. The van der Waals surface area contributed by atoms with Crippen LogP contribution in [-0.4, -0.2) is 25.8 Å². The number of carbonyl (C=O) groups excluding carboxylic acids is 1. The van der Waals surface area contributed by atoms with Crippen LogP contribution in [0.15, 0.2) is 18.2 Å². The fourth-order valence-electron chi connectivity index (χ4n) is 1.58. The van der Waals surface area contributed by atoms with Crippen LogP contribution in [0.2, 0.25) is 0 Å². The van der Waals surface area contributed by atoms with Crippen LogP contribution in [0.3, 0.4) is 0 Å². The Morgan fingerprint density at radius 3 is 3.00 bits per heavy atom. The average molecular weight is 236 g/mol. The molecule has 0 fully saturated rings. The number of carbonyl (C=O) groups is 1. The monoisotopic (exact) mass is 236 g/mol. The van der Waals surface area contributed by atoms with Crippen molar-refractivity contribution >= 4 is 11.7 Å². The number of ether oxygens (including phenoxy) is 2. The van der Waals surface area contributed by atoms with E-state index in [4.69, 9.17) is 9.47 Å². The van der Waals surface area contributed by atoms with Crippen molar-refractivity contribution in [2.75, 3.05) is 25.1 Å². The number of nitrogens with one attached hydrogen (secondary N) is 2. The van der Waals surface area contributed by atoms with E-state index in [-0.39, 0.29) is 6.03 Å². The predicted molar refractivity (Wildman–Crippen MR) is 64.7 cm³/mol. The van der Waals surface area contributed by atoms with Crippen LogP contribution in [-0.2, 0) is 0 Å². The smallest absolute Gasteiger partial charge is 0.319 e. The highest BCUT2D eigenvalue weighted by molar-refractivity contribution is 5.91. The minimum absolute atomic E-state index is 0.227. The molecule has 0 bridgehead atoms. The van der Waals surface area contributed by atoms with E-state index in [1.54, 1.807) is 6.07 Å². The second-order valence-electron chi connectivity index (χ2n) is 3.71. The Morgan fingerprint density at radius 1 is 1.35 bits per heavy atom. The lowest BCUT2D eigenvalue weighted by molar-refractivity contribution is 0.172. The van der Waals surface area contributed by atoms with Gasteiger partial charge in [-0.3, -0.25) is 0 Å². The van der Waals surface area contributed by atoms with E-state index >= 15 is 0 Å². The van der Waals surface area contributed by atoms with Gasteiger partial charge in [-0.05, 0) is 18.6 Å². The molecule has 0 aliphatic carbocycles. The van der Waals surface area contributed by atoms with E-state index in [0.29, 0.717) is 36.9 Å². The second kappa shape index (κ2) is 5.43. The van der Waals surface area contributed by atoms with Gasteiger partial charge in [0.25, 0.3) is 0 Å². The molecule has 92 valence electrons. The number of hydrogen-bond donors (Lipinski definition) is 2. The largest absolute Gasteiger partial charge is 0.486 e. The van der Waals surface area contributed by atoms with Gasteiger partial charge in [-0.25, -0.2) is 4.79 Å². The SMILES string of the molecule is CCCNC(=O)Nc1cccc2c1OCCO2. The number of benzene rings is 1. The minimum Gasteiger partial charge on any atom is -0.486 e. The molecule has 0 unspecified atom stereocenters. The predicted octanol–water partition coefficient (Wildman–Crippen LogP) is 1.99. The lowest BCUT2D eigenvalue weighted by Gasteiger charge is -2.21. The fraction of sp³-hybridized carbons (Fsp3) is 0.417. The van der Waals surface area contributed by atoms with Gasteiger partial charge in [0.1, 0.15) is 13.2 Å². The van der Waals surface area contributed by atoms with Crippen molar-refractivity contribution in [3.63, 3.8) is 0 Å². The first-order chi connectivity index (χ1) is 8.31. The molecule has 17 heavy (non-hydrogen) atoms. The highest BCUT2D eigenvalue weighted by Gasteiger charge is 2.16. The Labute approximate surface area is 100 Å². The first kappa shape index (κ1) is 11.6. The van der Waals surface area contributed by atoms with Gasteiger partial charge in [0.05, 0.1) is 5.69 Å². The number of urea groups is 1. The Kier molecular flexibility index (Phi) is 3.69. The van der Waals surface area contributed by atoms with E-state index in [1.807, 2.05) is 19.1 Å². The van der Waals surface area contributed by atoms with Crippen LogP contribution in [0.4, 0.5) is 10.5 Å². The third kappa shape index (κ3) is 2.81. The number of rotatable bonds is 3. The molecule has 2 amide bonds. The van der Waals surface area contributed by atoms with E-state index < -0.39 is 0 Å². The van der Waals surface area contributed by atoms with Crippen LogP contribution >= 0.6 is 0 Å². The zero-order valence-electron chi connectivity index (χ0n) is 9.79. The molecule has 2 N–H and O–H groups in total. The van der Waals surface area contributed by atoms with Crippen molar-refractivity contribution in [2.24, 2.45) is 0 Å². The first-order valence-electron chi connectivity index (χ1n) is 5.74. The van der Waals surface area contributed by atoms with Crippen molar-refractivity contribution in [2.45, 2.75) is 13.3 Å². The average Bonchev–Trinajstić information content (AvgIpc) is 2.37. The third-order valence-corrected chi connectivity index (χ3v) is 2.35. The lowest BCUT2D eigenvalue weighted by atomic mass is 10.2. The first-order valence-corrected chi connectivity index (χ1v) is 5.74. The van der Waals surface area contributed by atoms with E-state index in [0.717, 1.165) is 6.42 Å². The summed E-state index contributed by atoms with van der Waals surface area (Å²) in [5, 5.41) is 5.49. The summed E-state index contributed by atoms with van der Waals surface area (Å²) in [6, 6.07) is 5.21. The van der Waals surface area contributed by atoms with Crippen molar-refractivity contribution in [3.8, 4) is 11.5 Å². The van der Waals surface area contributed by atoms with Gasteiger partial charge in [0, 0.05) is 6.54 Å². The van der Waals surface area contributed by atoms with Gasteiger partial charge >= 0.3 is 6.03 Å². The van der Waals surface area contributed by atoms with Crippen molar-refractivity contribution in [3.05, 3.63) is 18.2 Å². The fourth-order valence-corrected chi connectivity index (χ4v) is 1.58. The molecule has 5 heteroatoms. The Balaban J connectivity index is 2.08. The van der Waals surface area contributed by atoms with Crippen LogP contribution in [0, 0.1) is 0 Å². The summed E-state index contributed by atoms with van der Waals surface area (Å²) in [6.45, 7) is 3.70. The molecule has 0 saturated heterocycles. The molecular weight excluding hydrogens is 220 g/mol. The maximum absolute atomic E-state index is 11.5. The molecule has 2 rings (SSSR count). The molecule has 1 aromatic carbocycles. The molecule has 0 atom stereocenters.